The summed E-state index contributed by atoms with van der Waals surface area (Å²) in [6, 6.07) is 0. The molecule has 0 bridgehead atoms. The lowest BCUT2D eigenvalue weighted by Gasteiger charge is -2.22. The van der Waals surface area contributed by atoms with Gasteiger partial charge in [-0.25, -0.2) is 0 Å². The molecular formula is C9H17F3N2. The van der Waals surface area contributed by atoms with Crippen molar-refractivity contribution in [2.75, 3.05) is 32.7 Å². The average Bonchev–Trinajstić information content (AvgIpc) is 2.25. The molecule has 1 N–H and O–H groups in total. The summed E-state index contributed by atoms with van der Waals surface area (Å²) in [5.41, 5.74) is 0. The van der Waals surface area contributed by atoms with Crippen molar-refractivity contribution >= 4 is 0 Å². The lowest BCUT2D eigenvalue weighted by atomic mass is 10.2. The lowest BCUT2D eigenvalue weighted by molar-refractivity contribution is -0.138. The molecule has 1 rings (SSSR count). The zero-order chi connectivity index (χ0) is 10.6. The highest BCUT2D eigenvalue weighted by atomic mass is 19.4. The molecule has 1 unspecified atom stereocenters. The van der Waals surface area contributed by atoms with Crippen molar-refractivity contribution < 1.29 is 13.2 Å². The van der Waals surface area contributed by atoms with Gasteiger partial charge in [0.05, 0.1) is 6.42 Å². The Morgan fingerprint density at radius 2 is 2.14 bits per heavy atom. The second kappa shape index (κ2) is 4.98. The fourth-order valence-electron chi connectivity index (χ4n) is 1.67. The number of hydrogen-bond acceptors (Lipinski definition) is 2. The van der Waals surface area contributed by atoms with Crippen molar-refractivity contribution in [3.05, 3.63) is 0 Å². The van der Waals surface area contributed by atoms with Crippen molar-refractivity contribution in [2.45, 2.75) is 19.5 Å². The molecule has 0 saturated carbocycles. The van der Waals surface area contributed by atoms with E-state index in [1.54, 1.807) is 0 Å². The Bertz CT molecular complexity index is 170. The molecule has 1 aliphatic heterocycles. The number of nitrogens with one attached hydrogen (secondary N) is 1. The smallest absolute Gasteiger partial charge is 0.315 e. The van der Waals surface area contributed by atoms with Gasteiger partial charge in [0, 0.05) is 26.2 Å². The quantitative estimate of drug-likeness (QED) is 0.742. The van der Waals surface area contributed by atoms with Gasteiger partial charge in [-0.1, -0.05) is 6.92 Å². The molecule has 0 amide bonds. The van der Waals surface area contributed by atoms with E-state index < -0.39 is 12.6 Å². The van der Waals surface area contributed by atoms with Crippen LogP contribution < -0.4 is 5.32 Å². The molecule has 0 radical (unpaired) electrons. The van der Waals surface area contributed by atoms with Crippen molar-refractivity contribution in [3.8, 4) is 0 Å². The van der Waals surface area contributed by atoms with E-state index in [1.807, 2.05) is 4.90 Å². The van der Waals surface area contributed by atoms with Gasteiger partial charge in [-0.15, -0.1) is 0 Å². The maximum absolute atomic E-state index is 12.0. The van der Waals surface area contributed by atoms with E-state index in [2.05, 4.69) is 12.2 Å². The Kier molecular flexibility index (Phi) is 4.19. The van der Waals surface area contributed by atoms with Crippen LogP contribution in [0.25, 0.3) is 0 Å². The Hall–Kier alpha value is -0.290. The van der Waals surface area contributed by atoms with Crippen LogP contribution in [0.1, 0.15) is 13.3 Å². The molecule has 2 nitrogen and oxygen atoms in total. The molecule has 14 heavy (non-hydrogen) atoms. The number of halogens is 3. The zero-order valence-corrected chi connectivity index (χ0v) is 8.40. The van der Waals surface area contributed by atoms with E-state index in [0.29, 0.717) is 5.92 Å². The maximum Gasteiger partial charge on any atom is 0.390 e. The topological polar surface area (TPSA) is 15.3 Å². The third-order valence-corrected chi connectivity index (χ3v) is 2.38. The third-order valence-electron chi connectivity index (χ3n) is 2.38. The van der Waals surface area contributed by atoms with Crippen LogP contribution in [-0.4, -0.2) is 43.8 Å². The van der Waals surface area contributed by atoms with Crippen LogP contribution in [0.15, 0.2) is 0 Å². The van der Waals surface area contributed by atoms with Crippen molar-refractivity contribution in [3.63, 3.8) is 0 Å². The van der Waals surface area contributed by atoms with Gasteiger partial charge in [-0.2, -0.15) is 13.2 Å². The molecule has 1 saturated heterocycles. The zero-order valence-electron chi connectivity index (χ0n) is 8.40. The summed E-state index contributed by atoms with van der Waals surface area (Å²) in [6.07, 6.45) is -4.72. The average molecular weight is 210 g/mol. The van der Waals surface area contributed by atoms with Crippen molar-refractivity contribution in [1.29, 1.82) is 0 Å². The Labute approximate surface area is 82.5 Å². The first-order valence-electron chi connectivity index (χ1n) is 4.97. The van der Waals surface area contributed by atoms with E-state index in [1.165, 1.54) is 0 Å². The van der Waals surface area contributed by atoms with Crippen molar-refractivity contribution in [1.82, 2.24) is 10.2 Å². The lowest BCUT2D eigenvalue weighted by Crippen LogP contribution is -2.32. The van der Waals surface area contributed by atoms with Crippen molar-refractivity contribution in [2.24, 2.45) is 5.92 Å². The van der Waals surface area contributed by atoms with E-state index >= 15 is 0 Å². The highest BCUT2D eigenvalue weighted by Gasteiger charge is 2.28. The second-order valence-corrected chi connectivity index (χ2v) is 3.98. The van der Waals surface area contributed by atoms with Gasteiger partial charge in [0.15, 0.2) is 0 Å². The van der Waals surface area contributed by atoms with Crippen LogP contribution in [-0.2, 0) is 0 Å². The molecule has 1 aliphatic rings. The summed E-state index contributed by atoms with van der Waals surface area (Å²) in [4.78, 5) is 1.89. The molecule has 0 aliphatic carbocycles. The fraction of sp³-hybridized carbons (Fsp3) is 1.00. The van der Waals surface area contributed by atoms with Gasteiger partial charge in [0.2, 0.25) is 0 Å². The van der Waals surface area contributed by atoms with E-state index in [0.717, 1.165) is 26.2 Å². The fourth-order valence-corrected chi connectivity index (χ4v) is 1.67. The highest BCUT2D eigenvalue weighted by molar-refractivity contribution is 4.71. The first-order valence-corrected chi connectivity index (χ1v) is 4.97. The third kappa shape index (κ3) is 4.81. The number of nitrogens with zero attached hydrogens (tertiary/aromatic N) is 1. The molecule has 0 aromatic rings. The molecule has 1 atom stereocenters. The van der Waals surface area contributed by atoms with Gasteiger partial charge in [-0.05, 0) is 12.5 Å². The largest absolute Gasteiger partial charge is 0.390 e. The van der Waals surface area contributed by atoms with Crippen LogP contribution >= 0.6 is 0 Å². The Morgan fingerprint density at radius 1 is 1.43 bits per heavy atom. The summed E-state index contributed by atoms with van der Waals surface area (Å²) in [5.74, 6) is 0.436. The standard InChI is InChI=1S/C9H17F3N2/c1-8-6-13-3-5-14(7-8)4-2-9(10,11)12/h8,13H,2-7H2,1H3. The van der Waals surface area contributed by atoms with Crippen LogP contribution in [0.2, 0.25) is 0 Å². The molecule has 1 heterocycles. The minimum atomic E-state index is -4.02. The predicted molar refractivity (Wildman–Crippen MR) is 49.1 cm³/mol. The highest BCUT2D eigenvalue weighted by Crippen LogP contribution is 2.20. The molecule has 0 aromatic carbocycles. The summed E-state index contributed by atoms with van der Waals surface area (Å²) in [5, 5.41) is 3.20. The van der Waals surface area contributed by atoms with E-state index in [-0.39, 0.29) is 6.54 Å². The minimum absolute atomic E-state index is 0.134. The van der Waals surface area contributed by atoms with Gasteiger partial charge in [-0.3, -0.25) is 0 Å². The Morgan fingerprint density at radius 3 is 2.79 bits per heavy atom. The van der Waals surface area contributed by atoms with Crippen LogP contribution in [0.5, 0.6) is 0 Å². The normalized spacial score (nSPS) is 26.1. The molecule has 84 valence electrons. The summed E-state index contributed by atoms with van der Waals surface area (Å²) in [6.45, 7) is 5.38. The SMILES string of the molecule is CC1CNCCN(CCC(F)(F)F)C1. The van der Waals surface area contributed by atoms with Crippen LogP contribution in [0.4, 0.5) is 13.2 Å². The minimum Gasteiger partial charge on any atom is -0.315 e. The maximum atomic E-state index is 12.0. The van der Waals surface area contributed by atoms with Crippen LogP contribution in [0, 0.1) is 5.92 Å². The van der Waals surface area contributed by atoms with Gasteiger partial charge in [0.25, 0.3) is 0 Å². The molecule has 0 spiro atoms. The predicted octanol–water partition coefficient (Wildman–Crippen LogP) is 1.48. The van der Waals surface area contributed by atoms with Gasteiger partial charge in [0.1, 0.15) is 0 Å². The molecule has 5 heteroatoms. The monoisotopic (exact) mass is 210 g/mol. The Balaban J connectivity index is 2.28. The second-order valence-electron chi connectivity index (χ2n) is 3.98. The van der Waals surface area contributed by atoms with Gasteiger partial charge < -0.3 is 10.2 Å². The first kappa shape index (κ1) is 11.8. The van der Waals surface area contributed by atoms with Crippen LogP contribution in [0.3, 0.4) is 0 Å². The number of alkyl halides is 3. The summed E-state index contributed by atoms with van der Waals surface area (Å²) < 4.78 is 35.9. The number of hydrogen-bond donors (Lipinski definition) is 1. The molecule has 0 aromatic heterocycles. The summed E-state index contributed by atoms with van der Waals surface area (Å²) in [7, 11) is 0. The molecule has 1 fully saturated rings. The first-order chi connectivity index (χ1) is 6.47. The van der Waals surface area contributed by atoms with E-state index in [4.69, 9.17) is 0 Å². The van der Waals surface area contributed by atoms with E-state index in [9.17, 15) is 13.2 Å². The number of rotatable bonds is 2. The van der Waals surface area contributed by atoms with Gasteiger partial charge >= 0.3 is 6.18 Å². The molecular weight excluding hydrogens is 193 g/mol. The summed E-state index contributed by atoms with van der Waals surface area (Å²) >= 11 is 0.